The largest absolute Gasteiger partial charge is 0.289 e. The van der Waals surface area contributed by atoms with Crippen LogP contribution >= 0.6 is 11.6 Å². The molecule has 0 bridgehead atoms. The lowest BCUT2D eigenvalue weighted by molar-refractivity contribution is 0.102. The number of nitrogens with one attached hydrogen (secondary N) is 1. The summed E-state index contributed by atoms with van der Waals surface area (Å²) in [6.07, 6.45) is 5.00. The van der Waals surface area contributed by atoms with Gasteiger partial charge >= 0.3 is 0 Å². The number of benzene rings is 1. The second-order valence-corrected chi connectivity index (χ2v) is 6.07. The first-order valence-electron chi connectivity index (χ1n) is 8.05. The van der Waals surface area contributed by atoms with Crippen LogP contribution in [-0.2, 0) is 7.05 Å². The number of aromatic nitrogens is 6. The Kier molecular flexibility index (Phi) is 4.39. The molecular formula is C18H14ClN7O. The number of aryl methyl sites for hydroxylation is 1. The standard InChI is InChI=1S/C18H14ClN7O/c1-25-18(22-16(24-25)13-5-2-3-6-14(13)19)23-17(27)15-11-12(7-9-20-15)26-10-4-8-21-26/h2-11H,1H3,(H,22,23,24,27). The summed E-state index contributed by atoms with van der Waals surface area (Å²) >= 11 is 6.19. The van der Waals surface area contributed by atoms with E-state index in [9.17, 15) is 4.79 Å². The molecule has 1 aromatic carbocycles. The van der Waals surface area contributed by atoms with Gasteiger partial charge in [-0.1, -0.05) is 23.7 Å². The minimum atomic E-state index is -0.398. The van der Waals surface area contributed by atoms with Gasteiger partial charge in [-0.15, -0.1) is 5.10 Å². The highest BCUT2D eigenvalue weighted by Crippen LogP contribution is 2.25. The Morgan fingerprint density at radius 1 is 1.15 bits per heavy atom. The molecule has 0 fully saturated rings. The molecule has 3 heterocycles. The van der Waals surface area contributed by atoms with Crippen LogP contribution in [0, 0.1) is 0 Å². The molecule has 0 spiro atoms. The Labute approximate surface area is 159 Å². The third kappa shape index (κ3) is 3.42. The molecule has 8 nitrogen and oxygen atoms in total. The molecule has 0 aliphatic rings. The van der Waals surface area contributed by atoms with Crippen molar-refractivity contribution in [2.45, 2.75) is 0 Å². The van der Waals surface area contributed by atoms with Gasteiger partial charge in [0, 0.05) is 31.2 Å². The van der Waals surface area contributed by atoms with Gasteiger partial charge in [-0.25, -0.2) is 9.36 Å². The molecule has 0 radical (unpaired) electrons. The minimum Gasteiger partial charge on any atom is -0.289 e. The smallest absolute Gasteiger partial charge is 0.276 e. The molecule has 1 N–H and O–H groups in total. The van der Waals surface area contributed by atoms with Crippen molar-refractivity contribution >= 4 is 23.5 Å². The van der Waals surface area contributed by atoms with E-state index < -0.39 is 5.91 Å². The van der Waals surface area contributed by atoms with Gasteiger partial charge in [0.2, 0.25) is 5.95 Å². The lowest BCUT2D eigenvalue weighted by Crippen LogP contribution is -2.17. The van der Waals surface area contributed by atoms with E-state index in [1.807, 2.05) is 18.2 Å². The van der Waals surface area contributed by atoms with Crippen molar-refractivity contribution in [3.8, 4) is 17.1 Å². The molecule has 0 atom stereocenters. The number of nitrogens with zero attached hydrogens (tertiary/aromatic N) is 6. The molecule has 134 valence electrons. The summed E-state index contributed by atoms with van der Waals surface area (Å²) in [5.41, 5.74) is 1.66. The van der Waals surface area contributed by atoms with Gasteiger partial charge in [-0.05, 0) is 30.3 Å². The normalized spacial score (nSPS) is 10.7. The van der Waals surface area contributed by atoms with Crippen molar-refractivity contribution in [1.82, 2.24) is 29.5 Å². The van der Waals surface area contributed by atoms with Gasteiger partial charge in [0.05, 0.1) is 10.7 Å². The van der Waals surface area contributed by atoms with E-state index in [4.69, 9.17) is 11.6 Å². The van der Waals surface area contributed by atoms with Crippen LogP contribution in [0.1, 0.15) is 10.5 Å². The summed E-state index contributed by atoms with van der Waals surface area (Å²) in [6.45, 7) is 0. The molecule has 3 aromatic heterocycles. The number of carbonyl (C=O) groups is 1. The van der Waals surface area contributed by atoms with Crippen LogP contribution in [0.3, 0.4) is 0 Å². The highest BCUT2D eigenvalue weighted by molar-refractivity contribution is 6.33. The molecule has 9 heteroatoms. The van der Waals surface area contributed by atoms with E-state index in [0.717, 1.165) is 5.69 Å². The number of amides is 1. The second kappa shape index (κ2) is 7.00. The Morgan fingerprint density at radius 3 is 2.78 bits per heavy atom. The predicted molar refractivity (Wildman–Crippen MR) is 101 cm³/mol. The highest BCUT2D eigenvalue weighted by atomic mass is 35.5. The molecule has 0 aliphatic heterocycles. The van der Waals surface area contributed by atoms with Gasteiger partial charge in [0.25, 0.3) is 5.91 Å². The van der Waals surface area contributed by atoms with E-state index in [2.05, 4.69) is 25.5 Å². The first-order valence-corrected chi connectivity index (χ1v) is 8.43. The number of carbonyl (C=O) groups excluding carboxylic acids is 1. The van der Waals surface area contributed by atoms with Crippen LogP contribution in [0.15, 0.2) is 61.1 Å². The number of hydrogen-bond donors (Lipinski definition) is 1. The zero-order valence-corrected chi connectivity index (χ0v) is 15.0. The van der Waals surface area contributed by atoms with Crippen LogP contribution < -0.4 is 5.32 Å². The van der Waals surface area contributed by atoms with Crippen molar-refractivity contribution in [2.24, 2.45) is 7.05 Å². The molecular weight excluding hydrogens is 366 g/mol. The van der Waals surface area contributed by atoms with Crippen LogP contribution in [0.4, 0.5) is 5.95 Å². The Balaban J connectivity index is 1.59. The zero-order chi connectivity index (χ0) is 18.8. The molecule has 0 saturated heterocycles. The molecule has 4 aromatic rings. The first-order chi connectivity index (χ1) is 13.1. The van der Waals surface area contributed by atoms with Crippen molar-refractivity contribution in [3.05, 3.63) is 71.8 Å². The van der Waals surface area contributed by atoms with Gasteiger partial charge in [0.15, 0.2) is 5.82 Å². The van der Waals surface area contributed by atoms with Gasteiger partial charge in [-0.3, -0.25) is 15.1 Å². The average molecular weight is 380 g/mol. The van der Waals surface area contributed by atoms with Crippen LogP contribution in [0.2, 0.25) is 5.02 Å². The number of rotatable bonds is 4. The van der Waals surface area contributed by atoms with E-state index >= 15 is 0 Å². The maximum atomic E-state index is 12.6. The fraction of sp³-hybridized carbons (Fsp3) is 0.0556. The first kappa shape index (κ1) is 16.9. The topological polar surface area (TPSA) is 90.5 Å². The quantitative estimate of drug-likeness (QED) is 0.588. The summed E-state index contributed by atoms with van der Waals surface area (Å²) in [4.78, 5) is 21.1. The van der Waals surface area contributed by atoms with Crippen LogP contribution in [-0.4, -0.2) is 35.4 Å². The lowest BCUT2D eigenvalue weighted by atomic mass is 10.2. The van der Waals surface area contributed by atoms with Crippen LogP contribution in [0.5, 0.6) is 0 Å². The fourth-order valence-corrected chi connectivity index (χ4v) is 2.74. The molecule has 27 heavy (non-hydrogen) atoms. The summed E-state index contributed by atoms with van der Waals surface area (Å²) in [6, 6.07) is 12.5. The molecule has 0 unspecified atom stereocenters. The van der Waals surface area contributed by atoms with E-state index in [1.165, 1.54) is 4.68 Å². The lowest BCUT2D eigenvalue weighted by Gasteiger charge is -2.05. The minimum absolute atomic E-state index is 0.241. The predicted octanol–water partition coefficient (Wildman–Crippen LogP) is 2.97. The number of pyridine rings is 1. The molecule has 0 saturated carbocycles. The van der Waals surface area contributed by atoms with Gasteiger partial charge in [-0.2, -0.15) is 10.1 Å². The number of anilines is 1. The highest BCUT2D eigenvalue weighted by Gasteiger charge is 2.16. The zero-order valence-electron chi connectivity index (χ0n) is 14.2. The molecule has 1 amide bonds. The third-order valence-electron chi connectivity index (χ3n) is 3.85. The molecule has 4 rings (SSSR count). The number of halogens is 1. The van der Waals surface area contributed by atoms with Crippen molar-refractivity contribution in [1.29, 1.82) is 0 Å². The SMILES string of the molecule is Cn1nc(-c2ccccc2Cl)nc1NC(=O)c1cc(-n2cccn2)ccn1. The maximum Gasteiger partial charge on any atom is 0.276 e. The van der Waals surface area contributed by atoms with Gasteiger partial charge < -0.3 is 0 Å². The summed E-state index contributed by atoms with van der Waals surface area (Å²) in [7, 11) is 1.69. The van der Waals surface area contributed by atoms with Crippen molar-refractivity contribution in [3.63, 3.8) is 0 Å². The monoisotopic (exact) mass is 379 g/mol. The van der Waals surface area contributed by atoms with Crippen LogP contribution in [0.25, 0.3) is 17.1 Å². The summed E-state index contributed by atoms with van der Waals surface area (Å²) in [5, 5.41) is 11.7. The van der Waals surface area contributed by atoms with Crippen molar-refractivity contribution in [2.75, 3.05) is 5.32 Å². The fourth-order valence-electron chi connectivity index (χ4n) is 2.52. The van der Waals surface area contributed by atoms with Crippen molar-refractivity contribution < 1.29 is 4.79 Å². The Morgan fingerprint density at radius 2 is 2.00 bits per heavy atom. The maximum absolute atomic E-state index is 12.6. The second-order valence-electron chi connectivity index (χ2n) is 5.67. The Hall–Kier alpha value is -3.52. The average Bonchev–Trinajstić information content (AvgIpc) is 3.33. The Bertz CT molecular complexity index is 1100. The van der Waals surface area contributed by atoms with E-state index in [0.29, 0.717) is 22.4 Å². The summed E-state index contributed by atoms with van der Waals surface area (Å²) < 4.78 is 3.13. The molecule has 0 aliphatic carbocycles. The third-order valence-corrected chi connectivity index (χ3v) is 4.18. The van der Waals surface area contributed by atoms with Gasteiger partial charge in [0.1, 0.15) is 5.69 Å². The number of hydrogen-bond acceptors (Lipinski definition) is 5. The van der Waals surface area contributed by atoms with E-state index in [-0.39, 0.29) is 5.69 Å². The summed E-state index contributed by atoms with van der Waals surface area (Å²) in [5.74, 6) is 0.322. The van der Waals surface area contributed by atoms with E-state index in [1.54, 1.807) is 54.6 Å².